The fraction of sp³-hybridized carbons (Fsp3) is 0.349. The van der Waals surface area contributed by atoms with Crippen LogP contribution in [0.4, 0.5) is 35.4 Å². The predicted molar refractivity (Wildman–Crippen MR) is 327 cm³/mol. The Bertz CT molecular complexity index is 3800. The number of urea groups is 1. The van der Waals surface area contributed by atoms with Crippen LogP contribution in [-0.2, 0) is 19.7 Å². The van der Waals surface area contributed by atoms with Crippen molar-refractivity contribution in [2.45, 2.75) is 51.4 Å². The second-order valence-corrected chi connectivity index (χ2v) is 23.9. The Morgan fingerprint density at radius 2 is 1.64 bits per heavy atom. The van der Waals surface area contributed by atoms with E-state index in [2.05, 4.69) is 27.0 Å². The molecule has 86 heavy (non-hydrogen) atoms. The van der Waals surface area contributed by atoms with Crippen LogP contribution in [0.15, 0.2) is 97.1 Å². The summed E-state index contributed by atoms with van der Waals surface area (Å²) >= 11 is 19.4. The molecule has 1 aliphatic carbocycles. The summed E-state index contributed by atoms with van der Waals surface area (Å²) in [4.78, 5) is 67.5. The van der Waals surface area contributed by atoms with E-state index in [0.717, 1.165) is 6.07 Å². The maximum atomic E-state index is 17.0. The van der Waals surface area contributed by atoms with Crippen molar-refractivity contribution in [2.75, 3.05) is 88.7 Å². The van der Waals surface area contributed by atoms with Crippen molar-refractivity contribution in [3.8, 4) is 28.7 Å². The number of nitrogens with two attached hydrogens (primary N) is 1. The van der Waals surface area contributed by atoms with Crippen molar-refractivity contribution < 1.29 is 46.9 Å². The van der Waals surface area contributed by atoms with Crippen LogP contribution >= 0.6 is 34.8 Å². The number of methoxy groups -OCH3 is 1. The molecular weight excluding hydrogens is 1170 g/mol. The van der Waals surface area contributed by atoms with Crippen molar-refractivity contribution in [1.82, 2.24) is 25.1 Å². The van der Waals surface area contributed by atoms with E-state index in [-0.39, 0.29) is 118 Å². The third-order valence-corrected chi connectivity index (χ3v) is 16.7. The minimum atomic E-state index is -1.74. The van der Waals surface area contributed by atoms with Gasteiger partial charge >= 0.3 is 6.03 Å². The summed E-state index contributed by atoms with van der Waals surface area (Å²) in [6.07, 6.45) is 0.467. The molecular formula is C63H64Cl3F3N10O7. The normalized spacial score (nSPS) is 17.8. The summed E-state index contributed by atoms with van der Waals surface area (Å²) in [5.74, 6) is -6.07. The van der Waals surface area contributed by atoms with Gasteiger partial charge < -0.3 is 51.0 Å². The van der Waals surface area contributed by atoms with Gasteiger partial charge in [0, 0.05) is 98.2 Å². The highest BCUT2D eigenvalue weighted by Gasteiger charge is 2.61. The minimum absolute atomic E-state index is 0.00554. The van der Waals surface area contributed by atoms with Gasteiger partial charge in [-0.05, 0) is 101 Å². The van der Waals surface area contributed by atoms with Gasteiger partial charge in [0.05, 0.1) is 47.5 Å². The van der Waals surface area contributed by atoms with E-state index in [1.165, 1.54) is 71.5 Å². The number of piperazine rings is 1. The number of hydrogen-bond acceptors (Lipinski definition) is 12. The van der Waals surface area contributed by atoms with Crippen LogP contribution in [0.1, 0.15) is 67.4 Å². The lowest BCUT2D eigenvalue weighted by Gasteiger charge is -2.38. The number of phenols is 1. The van der Waals surface area contributed by atoms with E-state index >= 15 is 13.2 Å². The number of fused-ring (bicyclic) bond motifs is 2. The Kier molecular flexibility index (Phi) is 19.1. The van der Waals surface area contributed by atoms with Gasteiger partial charge in [-0.2, -0.15) is 10.2 Å². The number of carbonyl (C=O) groups excluding carboxylic acids is 4. The summed E-state index contributed by atoms with van der Waals surface area (Å²) in [6, 6.07) is 26.4. The van der Waals surface area contributed by atoms with Crippen LogP contribution in [0.25, 0.3) is 32.8 Å². The second kappa shape index (κ2) is 26.3. The molecule has 1 aromatic heterocycles. The number of benzene rings is 6. The number of hydrogen-bond donors (Lipinski definition) is 5. The van der Waals surface area contributed by atoms with E-state index in [1.807, 2.05) is 31.7 Å². The molecule has 1 aliphatic heterocycles. The number of likely N-dealkylation sites (N-methyl/N-ethyl adjacent to an activating group) is 1. The average molecular weight is 1240 g/mol. The first-order valence-corrected chi connectivity index (χ1v) is 29.0. The Labute approximate surface area is 510 Å². The minimum Gasteiger partial charge on any atom is -0.508 e. The Morgan fingerprint density at radius 1 is 0.884 bits per heavy atom. The number of nitrogens with zero attached hydrogens (tertiary/aromatic N) is 6. The van der Waals surface area contributed by atoms with E-state index in [9.17, 15) is 29.5 Å². The van der Waals surface area contributed by atoms with E-state index in [0.29, 0.717) is 60.1 Å². The third kappa shape index (κ3) is 13.2. The van der Waals surface area contributed by atoms with Crippen LogP contribution in [-0.4, -0.2) is 122 Å². The SMILES string of the molecule is COc1cc(C(=O)NCCOCCN(C)C(=O)CCNc2nc(N3CCN(C(N)=O)CC3)c3cc(Cl)c(-c4cc(O)cc5ccccc45)c(F)c3n2)ccc1NC(=O)[C@@H]1C[C@@H](CC(C)(C)C)[C@](C#N)(c2ccc(Cl)cc2F)[C@H]1c1cccc(Cl)c1F. The van der Waals surface area contributed by atoms with E-state index in [1.54, 1.807) is 37.4 Å². The number of carbonyl (C=O) groups is 4. The molecule has 1 saturated heterocycles. The molecule has 23 heteroatoms. The number of primary amides is 1. The summed E-state index contributed by atoms with van der Waals surface area (Å²) < 4.78 is 60.9. The molecule has 2 heterocycles. The van der Waals surface area contributed by atoms with Crippen molar-refractivity contribution in [3.05, 3.63) is 146 Å². The Balaban J connectivity index is 0.806. The standard InChI is InChI=1S/C63H64Cl3F3N10O7/c1-62(2,3)33-37-29-43(53(41-11-8-12-46(65)54(41)68)63(37,34-70)45-15-14-38(64)30-48(45)67)59(83)74-49-16-13-36(28-50(49)85-5)58(82)72-19-25-86-26-24-77(4)51(81)17-18-73-61-75-56-44(57(76-61)78-20-22-79(23-21-78)60(71)84)32-47(66)52(55(56)69)42-31-39(80)27-35-9-6-7-10-40(35)42/h6-16,27-28,30-32,37,43,53,80H,17-26,29,33H2,1-5H3,(H2,71,84)(H,72,82)(H,74,83)(H,73,75,76)/t37-,43+,53-,63+/m0/s1. The van der Waals surface area contributed by atoms with Crippen LogP contribution in [0.3, 0.4) is 0 Å². The molecule has 6 aromatic carbocycles. The molecule has 6 N–H and O–H groups in total. The van der Waals surface area contributed by atoms with Crippen molar-refractivity contribution in [3.63, 3.8) is 0 Å². The van der Waals surface area contributed by atoms with Crippen LogP contribution in [0.5, 0.6) is 11.5 Å². The summed E-state index contributed by atoms with van der Waals surface area (Å²) in [6.45, 7) is 7.82. The molecule has 9 rings (SSSR count). The number of nitriles is 1. The molecule has 450 valence electrons. The lowest BCUT2D eigenvalue weighted by molar-refractivity contribution is -0.130. The van der Waals surface area contributed by atoms with Crippen molar-refractivity contribution in [1.29, 1.82) is 5.26 Å². The van der Waals surface area contributed by atoms with Crippen molar-refractivity contribution in [2.24, 2.45) is 23.0 Å². The van der Waals surface area contributed by atoms with Crippen LogP contribution in [0, 0.1) is 46.0 Å². The molecule has 4 atom stereocenters. The van der Waals surface area contributed by atoms with Crippen LogP contribution < -0.4 is 31.3 Å². The number of phenolic OH excluding ortho intramolecular Hbond substituents is 1. The molecule has 0 unspecified atom stereocenters. The van der Waals surface area contributed by atoms with Gasteiger partial charge in [0.15, 0.2) is 5.82 Å². The predicted octanol–water partition coefficient (Wildman–Crippen LogP) is 11.7. The molecule has 17 nitrogen and oxygen atoms in total. The van der Waals surface area contributed by atoms with Gasteiger partial charge in [0.1, 0.15) is 34.5 Å². The van der Waals surface area contributed by atoms with Gasteiger partial charge in [-0.15, -0.1) is 0 Å². The Hall–Kier alpha value is -8.09. The van der Waals surface area contributed by atoms with E-state index in [4.69, 9.17) is 55.0 Å². The number of halogens is 6. The first kappa shape index (κ1) is 62.4. The van der Waals surface area contributed by atoms with Crippen LogP contribution in [0.2, 0.25) is 15.1 Å². The topological polar surface area (TPSA) is 228 Å². The molecule has 1 saturated carbocycles. The Morgan fingerprint density at radius 3 is 2.35 bits per heavy atom. The molecule has 7 aromatic rings. The first-order chi connectivity index (χ1) is 41.0. The highest BCUT2D eigenvalue weighted by atomic mass is 35.5. The zero-order chi connectivity index (χ0) is 61.8. The molecule has 2 aliphatic rings. The van der Waals surface area contributed by atoms with Gasteiger partial charge in [-0.25, -0.2) is 22.9 Å². The maximum Gasteiger partial charge on any atom is 0.314 e. The average Bonchev–Trinajstić information content (AvgIpc) is 1.50. The maximum absolute atomic E-state index is 17.0. The second-order valence-electron chi connectivity index (χ2n) is 22.6. The monoisotopic (exact) mass is 1230 g/mol. The fourth-order valence-corrected chi connectivity index (χ4v) is 12.5. The fourth-order valence-electron chi connectivity index (χ4n) is 11.9. The number of aromatic hydroxyl groups is 1. The number of rotatable bonds is 19. The third-order valence-electron chi connectivity index (χ3n) is 15.9. The van der Waals surface area contributed by atoms with Gasteiger partial charge in [0.2, 0.25) is 17.8 Å². The van der Waals surface area contributed by atoms with Gasteiger partial charge in [0.25, 0.3) is 5.91 Å². The molecule has 0 spiro atoms. The quantitative estimate of drug-likeness (QED) is 0.0477. The lowest BCUT2D eigenvalue weighted by Crippen LogP contribution is -2.50. The number of aromatic nitrogens is 2. The molecule has 0 bridgehead atoms. The summed E-state index contributed by atoms with van der Waals surface area (Å²) in [7, 11) is 2.98. The van der Waals surface area contributed by atoms with Gasteiger partial charge in [-0.1, -0.05) is 98.0 Å². The highest BCUT2D eigenvalue weighted by Crippen LogP contribution is 2.61. The van der Waals surface area contributed by atoms with Crippen molar-refractivity contribution >= 4 is 97.7 Å². The smallest absolute Gasteiger partial charge is 0.314 e. The molecule has 5 amide bonds. The zero-order valence-corrected chi connectivity index (χ0v) is 50.1. The number of anilines is 3. The zero-order valence-electron chi connectivity index (χ0n) is 47.9. The lowest BCUT2D eigenvalue weighted by atomic mass is 9.62. The summed E-state index contributed by atoms with van der Waals surface area (Å²) in [5.41, 5.74) is 4.14. The van der Waals surface area contributed by atoms with E-state index < -0.39 is 63.9 Å². The number of amides is 5. The summed E-state index contributed by atoms with van der Waals surface area (Å²) in [5, 5.41) is 32.3. The molecule has 2 fully saturated rings. The number of nitrogens with one attached hydrogen (secondary N) is 3. The highest BCUT2D eigenvalue weighted by molar-refractivity contribution is 6.35. The molecule has 0 radical (unpaired) electrons. The van der Waals surface area contributed by atoms with Gasteiger partial charge in [-0.3, -0.25) is 14.4 Å². The number of ether oxygens (including phenoxy) is 2. The largest absolute Gasteiger partial charge is 0.508 e. The first-order valence-electron chi connectivity index (χ1n) is 27.9.